The van der Waals surface area contributed by atoms with Gasteiger partial charge in [-0.2, -0.15) is 0 Å². The van der Waals surface area contributed by atoms with Gasteiger partial charge in [-0.1, -0.05) is 0 Å². The van der Waals surface area contributed by atoms with E-state index < -0.39 is 6.04 Å². The summed E-state index contributed by atoms with van der Waals surface area (Å²) in [6.07, 6.45) is 0. The van der Waals surface area contributed by atoms with E-state index in [-0.39, 0.29) is 11.6 Å². The van der Waals surface area contributed by atoms with Crippen LogP contribution in [0.25, 0.3) is 0 Å². The Morgan fingerprint density at radius 1 is 1.78 bits per heavy atom. The minimum Gasteiger partial charge on any atom is -0.386 e. The predicted molar refractivity (Wildman–Crippen MR) is 35.4 cm³/mol. The summed E-state index contributed by atoms with van der Waals surface area (Å²) < 4.78 is 0. The van der Waals surface area contributed by atoms with Crippen LogP contribution < -0.4 is 11.1 Å². The molecule has 1 unspecified atom stereocenters. The van der Waals surface area contributed by atoms with Crippen molar-refractivity contribution in [2.24, 2.45) is 5.73 Å². The number of nitrogens with one attached hydrogen (secondary N) is 2. The Hall–Kier alpha value is -0.900. The molecule has 0 bridgehead atoms. The number of amidine groups is 1. The van der Waals surface area contributed by atoms with Gasteiger partial charge in [-0.15, -0.1) is 0 Å². The maximum absolute atomic E-state index is 10.5. The van der Waals surface area contributed by atoms with Crippen molar-refractivity contribution in [3.8, 4) is 0 Å². The third-order valence-corrected chi connectivity index (χ3v) is 1.01. The molecular formula is C5H11N3O. The molecule has 4 heteroatoms. The second-order valence-electron chi connectivity index (χ2n) is 1.79. The van der Waals surface area contributed by atoms with Gasteiger partial charge in [-0.3, -0.25) is 10.2 Å². The SMILES string of the molecule is CNC(C(=N)N)C(C)=O. The zero-order chi connectivity index (χ0) is 7.44. The van der Waals surface area contributed by atoms with E-state index in [9.17, 15) is 4.79 Å². The van der Waals surface area contributed by atoms with E-state index in [1.165, 1.54) is 6.92 Å². The Bertz CT molecular complexity index is 118. The molecule has 4 N–H and O–H groups in total. The number of ketones is 1. The molecule has 4 nitrogen and oxygen atoms in total. The first-order valence-electron chi connectivity index (χ1n) is 2.61. The molecule has 0 aliphatic heterocycles. The molecule has 0 heterocycles. The van der Waals surface area contributed by atoms with Crippen molar-refractivity contribution in [3.63, 3.8) is 0 Å². The van der Waals surface area contributed by atoms with Crippen molar-refractivity contribution < 1.29 is 4.79 Å². The summed E-state index contributed by atoms with van der Waals surface area (Å²) in [5, 5.41) is 9.48. The largest absolute Gasteiger partial charge is 0.386 e. The summed E-state index contributed by atoms with van der Waals surface area (Å²) in [5.74, 6) is -0.269. The number of likely N-dealkylation sites (N-methyl/N-ethyl adjacent to an activating group) is 1. The van der Waals surface area contributed by atoms with Gasteiger partial charge in [0.1, 0.15) is 11.9 Å². The van der Waals surface area contributed by atoms with Gasteiger partial charge < -0.3 is 11.1 Å². The molecule has 0 aliphatic carbocycles. The van der Waals surface area contributed by atoms with Crippen LogP contribution in [0.3, 0.4) is 0 Å². The minimum atomic E-state index is -0.606. The first-order valence-corrected chi connectivity index (χ1v) is 2.61. The molecule has 0 amide bonds. The van der Waals surface area contributed by atoms with Crippen LogP contribution in [0.1, 0.15) is 6.92 Å². The van der Waals surface area contributed by atoms with E-state index >= 15 is 0 Å². The van der Waals surface area contributed by atoms with Crippen molar-refractivity contribution in [2.75, 3.05) is 7.05 Å². The highest BCUT2D eigenvalue weighted by Crippen LogP contribution is 1.81. The summed E-state index contributed by atoms with van der Waals surface area (Å²) in [6, 6.07) is -0.606. The van der Waals surface area contributed by atoms with E-state index in [2.05, 4.69) is 5.32 Å². The van der Waals surface area contributed by atoms with Gasteiger partial charge in [0.25, 0.3) is 0 Å². The van der Waals surface area contributed by atoms with Gasteiger partial charge in [-0.05, 0) is 14.0 Å². The average Bonchev–Trinajstić information content (AvgIpc) is 1.64. The molecule has 0 aromatic rings. The molecule has 9 heavy (non-hydrogen) atoms. The highest BCUT2D eigenvalue weighted by molar-refractivity contribution is 6.04. The number of Topliss-reactive ketones (excluding diaryl/α,β-unsaturated/α-hetero) is 1. The molecule has 0 fully saturated rings. The topological polar surface area (TPSA) is 79.0 Å². The number of carbonyl (C=O) groups excluding carboxylic acids is 1. The lowest BCUT2D eigenvalue weighted by Gasteiger charge is -2.08. The number of rotatable bonds is 3. The van der Waals surface area contributed by atoms with Crippen molar-refractivity contribution in [1.29, 1.82) is 5.41 Å². The van der Waals surface area contributed by atoms with E-state index in [4.69, 9.17) is 11.1 Å². The fourth-order valence-corrected chi connectivity index (χ4v) is 0.578. The molecule has 52 valence electrons. The van der Waals surface area contributed by atoms with Crippen molar-refractivity contribution in [3.05, 3.63) is 0 Å². The minimum absolute atomic E-state index is 0.134. The number of carbonyl (C=O) groups is 1. The maximum atomic E-state index is 10.5. The van der Waals surface area contributed by atoms with Crippen LogP contribution in [0, 0.1) is 5.41 Å². The van der Waals surface area contributed by atoms with Crippen LogP contribution in [0.5, 0.6) is 0 Å². The molecule has 0 rings (SSSR count). The number of hydrogen-bond acceptors (Lipinski definition) is 3. The van der Waals surface area contributed by atoms with Gasteiger partial charge in [0.05, 0.1) is 0 Å². The lowest BCUT2D eigenvalue weighted by molar-refractivity contribution is -0.117. The maximum Gasteiger partial charge on any atom is 0.154 e. The van der Waals surface area contributed by atoms with Crippen LogP contribution in [-0.4, -0.2) is 24.7 Å². The third kappa shape index (κ3) is 2.23. The average molecular weight is 129 g/mol. The normalized spacial score (nSPS) is 12.7. The third-order valence-electron chi connectivity index (χ3n) is 1.01. The van der Waals surface area contributed by atoms with E-state index in [1.54, 1.807) is 7.05 Å². The summed E-state index contributed by atoms with van der Waals surface area (Å²) in [4.78, 5) is 10.5. The van der Waals surface area contributed by atoms with E-state index in [0.29, 0.717) is 0 Å². The predicted octanol–water partition coefficient (Wildman–Crippen LogP) is -0.901. The monoisotopic (exact) mass is 129 g/mol. The van der Waals surface area contributed by atoms with E-state index in [0.717, 1.165) is 0 Å². The lowest BCUT2D eigenvalue weighted by atomic mass is 10.2. The van der Waals surface area contributed by atoms with Gasteiger partial charge in [0.15, 0.2) is 5.78 Å². The Balaban J connectivity index is 3.99. The first kappa shape index (κ1) is 8.10. The zero-order valence-corrected chi connectivity index (χ0v) is 5.56. The molecule has 0 aromatic heterocycles. The molecule has 0 aromatic carbocycles. The van der Waals surface area contributed by atoms with Gasteiger partial charge in [0, 0.05) is 0 Å². The highest BCUT2D eigenvalue weighted by atomic mass is 16.1. The smallest absolute Gasteiger partial charge is 0.154 e. The Kier molecular flexibility index (Phi) is 2.87. The zero-order valence-electron chi connectivity index (χ0n) is 5.56. The second-order valence-corrected chi connectivity index (χ2v) is 1.79. The number of hydrogen-bond donors (Lipinski definition) is 3. The molecule has 0 aliphatic rings. The first-order chi connectivity index (χ1) is 4.09. The lowest BCUT2D eigenvalue weighted by Crippen LogP contribution is -2.43. The van der Waals surface area contributed by atoms with E-state index in [1.807, 2.05) is 0 Å². The summed E-state index contributed by atoms with van der Waals surface area (Å²) in [6.45, 7) is 1.39. The van der Waals surface area contributed by atoms with Gasteiger partial charge >= 0.3 is 0 Å². The van der Waals surface area contributed by atoms with Crippen LogP contribution in [0.2, 0.25) is 0 Å². The second kappa shape index (κ2) is 3.19. The van der Waals surface area contributed by atoms with Crippen molar-refractivity contribution >= 4 is 11.6 Å². The molecular weight excluding hydrogens is 118 g/mol. The fraction of sp³-hybridized carbons (Fsp3) is 0.600. The molecule has 0 spiro atoms. The number of nitrogens with two attached hydrogens (primary N) is 1. The molecule has 1 atom stereocenters. The Labute approximate surface area is 53.9 Å². The van der Waals surface area contributed by atoms with Crippen LogP contribution >= 0.6 is 0 Å². The Morgan fingerprint density at radius 3 is 2.22 bits per heavy atom. The molecule has 0 saturated carbocycles. The van der Waals surface area contributed by atoms with Crippen LogP contribution in [0.15, 0.2) is 0 Å². The van der Waals surface area contributed by atoms with Crippen molar-refractivity contribution in [1.82, 2.24) is 5.32 Å². The summed E-state index contributed by atoms with van der Waals surface area (Å²) in [5.41, 5.74) is 5.05. The molecule has 0 radical (unpaired) electrons. The van der Waals surface area contributed by atoms with Gasteiger partial charge in [0.2, 0.25) is 0 Å². The standard InChI is InChI=1S/C5H11N3O/c1-3(9)4(8-2)5(6)7/h4,8H,1-2H3,(H3,6,7). The highest BCUT2D eigenvalue weighted by Gasteiger charge is 2.13. The fourth-order valence-electron chi connectivity index (χ4n) is 0.578. The van der Waals surface area contributed by atoms with Crippen molar-refractivity contribution in [2.45, 2.75) is 13.0 Å². The summed E-state index contributed by atoms with van der Waals surface area (Å²) in [7, 11) is 1.59. The van der Waals surface area contributed by atoms with Gasteiger partial charge in [-0.25, -0.2) is 0 Å². The van der Waals surface area contributed by atoms with Crippen LogP contribution in [-0.2, 0) is 4.79 Å². The Morgan fingerprint density at radius 2 is 2.22 bits per heavy atom. The molecule has 0 saturated heterocycles. The summed E-state index contributed by atoms with van der Waals surface area (Å²) >= 11 is 0. The van der Waals surface area contributed by atoms with Crippen LogP contribution in [0.4, 0.5) is 0 Å². The quantitative estimate of drug-likeness (QED) is 0.341.